The van der Waals surface area contributed by atoms with E-state index in [0.717, 1.165) is 25.7 Å². The third kappa shape index (κ3) is 5.65. The number of fused-ring (bicyclic) bond motifs is 2. The minimum atomic E-state index is -0.588. The number of hydrogen-bond donors (Lipinski definition) is 1. The predicted molar refractivity (Wildman–Crippen MR) is 91.8 cm³/mol. The van der Waals surface area contributed by atoms with Crippen molar-refractivity contribution in [2.45, 2.75) is 96.6 Å². The number of amides is 1. The van der Waals surface area contributed by atoms with E-state index in [2.05, 4.69) is 5.32 Å². The zero-order valence-corrected chi connectivity index (χ0v) is 15.8. The van der Waals surface area contributed by atoms with E-state index in [1.54, 1.807) is 4.90 Å². The number of rotatable bonds is 3. The quantitative estimate of drug-likeness (QED) is 0.800. The van der Waals surface area contributed by atoms with Gasteiger partial charge >= 0.3 is 12.1 Å². The summed E-state index contributed by atoms with van der Waals surface area (Å²) in [5.74, 6) is -0.390. The van der Waals surface area contributed by atoms with Gasteiger partial charge in [-0.3, -0.25) is 9.69 Å². The largest absolute Gasteiger partial charge is 0.459 e. The van der Waals surface area contributed by atoms with Crippen LogP contribution in [-0.4, -0.2) is 52.8 Å². The molecule has 2 aliphatic heterocycles. The van der Waals surface area contributed by atoms with E-state index in [1.807, 2.05) is 41.5 Å². The lowest BCUT2D eigenvalue weighted by Crippen LogP contribution is -2.53. The second-order valence-corrected chi connectivity index (χ2v) is 8.96. The van der Waals surface area contributed by atoms with Gasteiger partial charge in [0.05, 0.1) is 0 Å². The highest BCUT2D eigenvalue weighted by Gasteiger charge is 2.40. The maximum atomic E-state index is 12.7. The van der Waals surface area contributed by atoms with E-state index in [4.69, 9.17) is 9.47 Å². The molecule has 6 heteroatoms. The topological polar surface area (TPSA) is 67.9 Å². The number of piperidine rings is 1. The van der Waals surface area contributed by atoms with Gasteiger partial charge in [-0.05, 0) is 67.2 Å². The smallest absolute Gasteiger partial charge is 0.411 e. The van der Waals surface area contributed by atoms with Gasteiger partial charge in [-0.25, -0.2) is 4.79 Å². The molecule has 0 aromatic carbocycles. The van der Waals surface area contributed by atoms with Crippen molar-refractivity contribution in [3.63, 3.8) is 0 Å². The van der Waals surface area contributed by atoms with Crippen molar-refractivity contribution in [2.24, 2.45) is 0 Å². The SMILES string of the molecule is CC(C)(C)OC(=O)CN(C(=O)OC(C)(C)C)[C@H]1C[C@H]2CC[C@@H](C1)N2. The van der Waals surface area contributed by atoms with Gasteiger partial charge in [-0.15, -0.1) is 0 Å². The molecule has 0 radical (unpaired) electrons. The Balaban J connectivity index is 2.09. The van der Waals surface area contributed by atoms with Gasteiger partial charge in [0.15, 0.2) is 0 Å². The summed E-state index contributed by atoms with van der Waals surface area (Å²) < 4.78 is 10.9. The van der Waals surface area contributed by atoms with Crippen molar-refractivity contribution in [3.05, 3.63) is 0 Å². The molecule has 0 saturated carbocycles. The van der Waals surface area contributed by atoms with Crippen molar-refractivity contribution in [1.82, 2.24) is 10.2 Å². The summed E-state index contributed by atoms with van der Waals surface area (Å²) in [5, 5.41) is 3.56. The van der Waals surface area contributed by atoms with E-state index in [1.165, 1.54) is 0 Å². The fourth-order valence-corrected chi connectivity index (χ4v) is 3.46. The molecule has 2 fully saturated rings. The van der Waals surface area contributed by atoms with Crippen LogP contribution in [-0.2, 0) is 14.3 Å². The highest BCUT2D eigenvalue weighted by molar-refractivity contribution is 5.78. The third-order valence-corrected chi connectivity index (χ3v) is 4.24. The molecule has 24 heavy (non-hydrogen) atoms. The van der Waals surface area contributed by atoms with Gasteiger partial charge in [0, 0.05) is 18.1 Å². The Bertz CT molecular complexity index is 466. The van der Waals surface area contributed by atoms with Gasteiger partial charge in [0.1, 0.15) is 17.7 Å². The first kappa shape index (κ1) is 19.0. The minimum Gasteiger partial charge on any atom is -0.459 e. The molecule has 138 valence electrons. The first-order valence-corrected chi connectivity index (χ1v) is 8.90. The van der Waals surface area contributed by atoms with Gasteiger partial charge < -0.3 is 14.8 Å². The summed E-state index contributed by atoms with van der Waals surface area (Å²) in [4.78, 5) is 26.5. The number of hydrogen-bond acceptors (Lipinski definition) is 5. The predicted octanol–water partition coefficient (Wildman–Crippen LogP) is 2.85. The summed E-state index contributed by atoms with van der Waals surface area (Å²) in [5.41, 5.74) is -1.15. The molecule has 0 spiro atoms. The van der Waals surface area contributed by atoms with Gasteiger partial charge in [0.25, 0.3) is 0 Å². The fraction of sp³-hybridized carbons (Fsp3) is 0.889. The van der Waals surface area contributed by atoms with E-state index < -0.39 is 17.3 Å². The molecule has 2 saturated heterocycles. The minimum absolute atomic E-state index is 0.0196. The van der Waals surface area contributed by atoms with E-state index in [0.29, 0.717) is 12.1 Å². The molecule has 6 nitrogen and oxygen atoms in total. The molecule has 2 bridgehead atoms. The molecule has 2 rings (SSSR count). The lowest BCUT2D eigenvalue weighted by atomic mass is 9.98. The highest BCUT2D eigenvalue weighted by atomic mass is 16.6. The van der Waals surface area contributed by atoms with E-state index >= 15 is 0 Å². The molecule has 1 N–H and O–H groups in total. The summed E-state index contributed by atoms with van der Waals surface area (Å²) in [6.07, 6.45) is 3.56. The van der Waals surface area contributed by atoms with Crippen LogP contribution in [0.1, 0.15) is 67.2 Å². The van der Waals surface area contributed by atoms with Crippen LogP contribution in [0, 0.1) is 0 Å². The van der Waals surface area contributed by atoms with Crippen molar-refractivity contribution >= 4 is 12.1 Å². The maximum Gasteiger partial charge on any atom is 0.411 e. The van der Waals surface area contributed by atoms with Crippen LogP contribution in [0.25, 0.3) is 0 Å². The molecule has 2 aliphatic rings. The zero-order chi connectivity index (χ0) is 18.1. The summed E-state index contributed by atoms with van der Waals surface area (Å²) in [6, 6.07) is 0.876. The zero-order valence-electron chi connectivity index (χ0n) is 15.8. The molecule has 2 heterocycles. The third-order valence-electron chi connectivity index (χ3n) is 4.24. The number of carbonyl (C=O) groups is 2. The Labute approximate surface area is 145 Å². The molecule has 0 aliphatic carbocycles. The van der Waals surface area contributed by atoms with Crippen LogP contribution in [0.2, 0.25) is 0 Å². The summed E-state index contributed by atoms with van der Waals surface area (Å²) in [6.45, 7) is 10.9. The van der Waals surface area contributed by atoms with Crippen molar-refractivity contribution in [3.8, 4) is 0 Å². The molecule has 0 aromatic heterocycles. The van der Waals surface area contributed by atoms with Gasteiger partial charge in [0.2, 0.25) is 0 Å². The van der Waals surface area contributed by atoms with Crippen LogP contribution >= 0.6 is 0 Å². The normalized spacial score (nSPS) is 26.8. The van der Waals surface area contributed by atoms with E-state index in [-0.39, 0.29) is 18.6 Å². The monoisotopic (exact) mass is 340 g/mol. The Morgan fingerprint density at radius 3 is 1.92 bits per heavy atom. The summed E-state index contributed by atoms with van der Waals surface area (Å²) >= 11 is 0. The van der Waals surface area contributed by atoms with Crippen LogP contribution in [0.3, 0.4) is 0 Å². The molecule has 3 atom stereocenters. The number of ether oxygens (including phenoxy) is 2. The Kier molecular flexibility index (Phi) is 5.47. The van der Waals surface area contributed by atoms with Crippen LogP contribution in [0.15, 0.2) is 0 Å². The molecule has 0 aromatic rings. The molecule has 1 amide bonds. The second-order valence-electron chi connectivity index (χ2n) is 8.96. The van der Waals surface area contributed by atoms with Crippen LogP contribution < -0.4 is 5.32 Å². The fourth-order valence-electron chi connectivity index (χ4n) is 3.46. The number of nitrogens with one attached hydrogen (secondary N) is 1. The maximum absolute atomic E-state index is 12.7. The molecular weight excluding hydrogens is 308 g/mol. The Morgan fingerprint density at radius 1 is 0.958 bits per heavy atom. The lowest BCUT2D eigenvalue weighted by molar-refractivity contribution is -0.156. The first-order chi connectivity index (χ1) is 10.9. The standard InChI is InChI=1S/C18H32N2O4/c1-17(2,3)23-15(21)11-20(16(22)24-18(4,5)6)14-9-12-7-8-13(10-14)19-12/h12-14,19H,7-11H2,1-6H3/t12-,13+,14+. The molecular formula is C18H32N2O4. The van der Waals surface area contributed by atoms with Crippen molar-refractivity contribution < 1.29 is 19.1 Å². The number of esters is 1. The van der Waals surface area contributed by atoms with Crippen molar-refractivity contribution in [1.29, 1.82) is 0 Å². The van der Waals surface area contributed by atoms with Crippen LogP contribution in [0.5, 0.6) is 0 Å². The average Bonchev–Trinajstić information content (AvgIpc) is 2.70. The van der Waals surface area contributed by atoms with E-state index in [9.17, 15) is 9.59 Å². The second kappa shape index (κ2) is 6.90. The average molecular weight is 340 g/mol. The molecule has 0 unspecified atom stereocenters. The lowest BCUT2D eigenvalue weighted by Gasteiger charge is -2.38. The van der Waals surface area contributed by atoms with Crippen molar-refractivity contribution in [2.75, 3.05) is 6.54 Å². The Hall–Kier alpha value is -1.30. The van der Waals surface area contributed by atoms with Gasteiger partial charge in [-0.1, -0.05) is 0 Å². The summed E-state index contributed by atoms with van der Waals surface area (Å²) in [7, 11) is 0. The van der Waals surface area contributed by atoms with Crippen LogP contribution in [0.4, 0.5) is 4.79 Å². The Morgan fingerprint density at radius 2 is 1.46 bits per heavy atom. The number of nitrogens with zero attached hydrogens (tertiary/aromatic N) is 1. The number of carbonyl (C=O) groups excluding carboxylic acids is 2. The first-order valence-electron chi connectivity index (χ1n) is 8.90. The highest BCUT2D eigenvalue weighted by Crippen LogP contribution is 2.30. The van der Waals surface area contributed by atoms with Gasteiger partial charge in [-0.2, -0.15) is 0 Å².